The van der Waals surface area contributed by atoms with Gasteiger partial charge >= 0.3 is 6.09 Å². The number of rotatable bonds is 1. The van der Waals surface area contributed by atoms with Crippen molar-refractivity contribution in [3.05, 3.63) is 0 Å². The van der Waals surface area contributed by atoms with Gasteiger partial charge in [0.25, 0.3) is 0 Å². The van der Waals surface area contributed by atoms with Crippen LogP contribution in [0.15, 0.2) is 0 Å². The van der Waals surface area contributed by atoms with E-state index < -0.39 is 18.3 Å². The van der Waals surface area contributed by atoms with Gasteiger partial charge in [0.15, 0.2) is 0 Å². The molecule has 0 aromatic carbocycles. The molecular weight excluding hydrogens is 199 g/mol. The van der Waals surface area contributed by atoms with Crippen LogP contribution < -0.4 is 5.32 Å². The van der Waals surface area contributed by atoms with E-state index in [4.69, 9.17) is 5.11 Å². The van der Waals surface area contributed by atoms with Gasteiger partial charge < -0.3 is 10.4 Å². The summed E-state index contributed by atoms with van der Waals surface area (Å²) in [6.07, 6.45) is -1.83. The first kappa shape index (κ1) is 12.2. The van der Waals surface area contributed by atoms with Crippen LogP contribution >= 0.6 is 0 Å². The van der Waals surface area contributed by atoms with Crippen LogP contribution in [-0.2, 0) is 0 Å². The maximum atomic E-state index is 13.4. The highest BCUT2D eigenvalue weighted by molar-refractivity contribution is 5.65. The molecule has 0 unspecified atom stereocenters. The molecule has 1 heterocycles. The molecule has 1 aliphatic rings. The van der Waals surface area contributed by atoms with E-state index in [2.05, 4.69) is 10.2 Å². The summed E-state index contributed by atoms with van der Waals surface area (Å²) < 4.78 is 13.4. The summed E-state index contributed by atoms with van der Waals surface area (Å²) in [7, 11) is 0. The van der Waals surface area contributed by atoms with Gasteiger partial charge in [0.05, 0.1) is 6.04 Å². The molecule has 88 valence electrons. The number of likely N-dealkylation sites (tertiary alicyclic amines) is 1. The number of alkyl halides is 1. The van der Waals surface area contributed by atoms with Gasteiger partial charge in [0.1, 0.15) is 6.17 Å². The minimum atomic E-state index is -1.15. The second-order valence-electron chi connectivity index (χ2n) is 4.98. The zero-order valence-electron chi connectivity index (χ0n) is 9.46. The molecule has 5 heteroatoms. The summed E-state index contributed by atoms with van der Waals surface area (Å²) in [5.41, 5.74) is -0.0431. The third kappa shape index (κ3) is 3.34. The molecule has 0 aliphatic carbocycles. The number of amides is 1. The summed E-state index contributed by atoms with van der Waals surface area (Å²) in [5.74, 6) is 0. The van der Waals surface area contributed by atoms with Crippen LogP contribution in [-0.4, -0.2) is 46.9 Å². The Hall–Kier alpha value is -0.840. The molecule has 15 heavy (non-hydrogen) atoms. The maximum Gasteiger partial charge on any atom is 0.405 e. The average Bonchev–Trinajstić information content (AvgIpc) is 2.06. The summed E-state index contributed by atoms with van der Waals surface area (Å²) in [4.78, 5) is 12.6. The number of nitrogens with one attached hydrogen (secondary N) is 1. The van der Waals surface area contributed by atoms with Crippen molar-refractivity contribution in [3.63, 3.8) is 0 Å². The van der Waals surface area contributed by atoms with Crippen LogP contribution in [0.5, 0.6) is 0 Å². The Balaban J connectivity index is 2.60. The highest BCUT2D eigenvalue weighted by Crippen LogP contribution is 2.22. The van der Waals surface area contributed by atoms with E-state index in [1.54, 1.807) is 0 Å². The van der Waals surface area contributed by atoms with E-state index in [9.17, 15) is 9.18 Å². The maximum absolute atomic E-state index is 13.4. The molecule has 1 fully saturated rings. The number of hydrogen-bond acceptors (Lipinski definition) is 2. The number of hydrogen-bond donors (Lipinski definition) is 2. The van der Waals surface area contributed by atoms with Gasteiger partial charge in [-0.3, -0.25) is 4.90 Å². The van der Waals surface area contributed by atoms with Gasteiger partial charge in [-0.05, 0) is 27.2 Å². The largest absolute Gasteiger partial charge is 0.465 e. The second-order valence-corrected chi connectivity index (χ2v) is 4.98. The molecule has 2 atom stereocenters. The topological polar surface area (TPSA) is 52.6 Å². The Labute approximate surface area is 89.4 Å². The molecule has 0 radical (unpaired) electrons. The van der Waals surface area contributed by atoms with Crippen LogP contribution in [0.2, 0.25) is 0 Å². The Kier molecular flexibility index (Phi) is 3.54. The van der Waals surface area contributed by atoms with Gasteiger partial charge in [-0.25, -0.2) is 9.18 Å². The van der Waals surface area contributed by atoms with Gasteiger partial charge in [0, 0.05) is 18.6 Å². The molecule has 0 spiro atoms. The average molecular weight is 218 g/mol. The molecule has 0 aromatic rings. The van der Waals surface area contributed by atoms with Crippen LogP contribution in [0.1, 0.15) is 27.2 Å². The number of halogens is 1. The Morgan fingerprint density at radius 3 is 2.60 bits per heavy atom. The van der Waals surface area contributed by atoms with Gasteiger partial charge in [-0.1, -0.05) is 0 Å². The lowest BCUT2D eigenvalue weighted by molar-refractivity contribution is 0.0476. The molecule has 1 saturated heterocycles. The minimum Gasteiger partial charge on any atom is -0.465 e. The van der Waals surface area contributed by atoms with Crippen LogP contribution in [0, 0.1) is 0 Å². The summed E-state index contributed by atoms with van der Waals surface area (Å²) in [6.45, 7) is 7.26. The van der Waals surface area contributed by atoms with Crippen LogP contribution in [0.3, 0.4) is 0 Å². The third-order valence-corrected chi connectivity index (χ3v) is 2.79. The van der Waals surface area contributed by atoms with Crippen LogP contribution in [0.4, 0.5) is 9.18 Å². The van der Waals surface area contributed by atoms with Crippen molar-refractivity contribution in [2.45, 2.75) is 44.9 Å². The molecule has 0 saturated carbocycles. The molecule has 1 rings (SSSR count). The highest BCUT2D eigenvalue weighted by Gasteiger charge is 2.34. The second kappa shape index (κ2) is 4.35. The van der Waals surface area contributed by atoms with E-state index in [1.165, 1.54) is 0 Å². The van der Waals surface area contributed by atoms with Crippen molar-refractivity contribution < 1.29 is 14.3 Å². The smallest absolute Gasteiger partial charge is 0.405 e. The lowest BCUT2D eigenvalue weighted by Crippen LogP contribution is -2.58. The van der Waals surface area contributed by atoms with Gasteiger partial charge in [0.2, 0.25) is 0 Å². The number of piperidine rings is 1. The molecule has 1 aliphatic heterocycles. The first-order chi connectivity index (χ1) is 6.80. The Bertz CT molecular complexity index is 240. The van der Waals surface area contributed by atoms with Gasteiger partial charge in [-0.2, -0.15) is 0 Å². The van der Waals surface area contributed by atoms with E-state index in [0.717, 1.165) is 0 Å². The Morgan fingerprint density at radius 2 is 2.13 bits per heavy atom. The molecule has 1 amide bonds. The summed E-state index contributed by atoms with van der Waals surface area (Å²) in [5, 5.41) is 10.8. The predicted octanol–water partition coefficient (Wildman–Crippen LogP) is 1.46. The fourth-order valence-corrected chi connectivity index (χ4v) is 1.83. The first-order valence-corrected chi connectivity index (χ1v) is 5.19. The summed E-state index contributed by atoms with van der Waals surface area (Å²) in [6, 6.07) is -0.601. The quantitative estimate of drug-likeness (QED) is 0.700. The van der Waals surface area contributed by atoms with Crippen molar-refractivity contribution in [2.75, 3.05) is 13.1 Å². The van der Waals surface area contributed by atoms with Crippen molar-refractivity contribution in [2.24, 2.45) is 0 Å². The Morgan fingerprint density at radius 1 is 1.53 bits per heavy atom. The first-order valence-electron chi connectivity index (χ1n) is 5.19. The molecule has 0 bridgehead atoms. The standard InChI is InChI=1S/C10H19FN2O2/c1-10(2,3)13-5-4-7(11)8(6-13)12-9(14)15/h7-8,12H,4-6H2,1-3H3,(H,14,15)/t7-,8-/m0/s1. The van der Waals surface area contributed by atoms with Crippen LogP contribution in [0.25, 0.3) is 0 Å². The number of carboxylic acid groups (broad SMARTS) is 1. The highest BCUT2D eigenvalue weighted by atomic mass is 19.1. The van der Waals surface area contributed by atoms with E-state index in [-0.39, 0.29) is 5.54 Å². The monoisotopic (exact) mass is 218 g/mol. The van der Waals surface area contributed by atoms with E-state index in [0.29, 0.717) is 19.5 Å². The van der Waals surface area contributed by atoms with Crippen molar-refractivity contribution in [1.29, 1.82) is 0 Å². The normalized spacial score (nSPS) is 28.8. The zero-order chi connectivity index (χ0) is 11.6. The summed E-state index contributed by atoms with van der Waals surface area (Å²) >= 11 is 0. The lowest BCUT2D eigenvalue weighted by atomic mass is 9.97. The fourth-order valence-electron chi connectivity index (χ4n) is 1.83. The number of nitrogens with zero attached hydrogens (tertiary/aromatic N) is 1. The van der Waals surface area contributed by atoms with Gasteiger partial charge in [-0.15, -0.1) is 0 Å². The minimum absolute atomic E-state index is 0.0431. The van der Waals surface area contributed by atoms with Crippen molar-refractivity contribution in [3.8, 4) is 0 Å². The number of carbonyl (C=O) groups is 1. The van der Waals surface area contributed by atoms with Crippen molar-refractivity contribution >= 4 is 6.09 Å². The molecule has 0 aromatic heterocycles. The van der Waals surface area contributed by atoms with E-state index in [1.807, 2.05) is 20.8 Å². The fraction of sp³-hybridized carbons (Fsp3) is 0.900. The SMILES string of the molecule is CC(C)(C)N1CC[C@H](F)[C@@H](NC(=O)O)C1. The van der Waals surface area contributed by atoms with Crippen molar-refractivity contribution in [1.82, 2.24) is 10.2 Å². The molecular formula is C10H19FN2O2. The lowest BCUT2D eigenvalue weighted by Gasteiger charge is -2.42. The molecule has 4 nitrogen and oxygen atoms in total. The third-order valence-electron chi connectivity index (χ3n) is 2.79. The molecule has 2 N–H and O–H groups in total. The predicted molar refractivity (Wildman–Crippen MR) is 55.8 cm³/mol. The zero-order valence-corrected chi connectivity index (χ0v) is 9.46. The van der Waals surface area contributed by atoms with E-state index >= 15 is 0 Å².